The molecule has 9 rings (SSSR count). The number of anilines is 3. The Bertz CT molecular complexity index is 2310. The molecule has 4 heteroatoms. The van der Waals surface area contributed by atoms with E-state index in [2.05, 4.69) is 102 Å². The second-order valence-electron chi connectivity index (χ2n) is 11.2. The summed E-state index contributed by atoms with van der Waals surface area (Å²) in [5.41, 5.74) is 3.51. The molecule has 0 atom stereocenters. The fraction of sp³-hybridized carbons (Fsp3) is 0. The average molecular weight is 600 g/mol. The lowest BCUT2D eigenvalue weighted by Gasteiger charge is -2.34. The molecule has 0 bridgehead atoms. The lowest BCUT2D eigenvalue weighted by Crippen LogP contribution is -2.25. The van der Waals surface area contributed by atoms with E-state index in [0.717, 1.165) is 32.4 Å². The largest absolute Gasteiger partial charge is 0.309 e. The summed E-state index contributed by atoms with van der Waals surface area (Å²) in [5, 5.41) is 9.52. The average Bonchev–Trinajstić information content (AvgIpc) is 3.10. The molecule has 0 spiro atoms. The molecule has 0 saturated carbocycles. The van der Waals surface area contributed by atoms with Gasteiger partial charge in [-0.1, -0.05) is 133 Å². The van der Waals surface area contributed by atoms with Gasteiger partial charge >= 0.3 is 0 Å². The predicted molar refractivity (Wildman–Crippen MR) is 188 cm³/mol. The van der Waals surface area contributed by atoms with Crippen LogP contribution >= 0.6 is 18.9 Å². The number of benzene rings is 8. The summed E-state index contributed by atoms with van der Waals surface area (Å²) in [7, 11) is -3.17. The van der Waals surface area contributed by atoms with E-state index in [1.165, 1.54) is 42.7 Å². The van der Waals surface area contributed by atoms with Gasteiger partial charge in [-0.2, -0.15) is 0 Å². The van der Waals surface area contributed by atoms with Gasteiger partial charge in [-0.05, 0) is 63.3 Å². The minimum absolute atomic E-state index is 0.848. The molecule has 0 aliphatic carbocycles. The van der Waals surface area contributed by atoms with E-state index in [1.807, 2.05) is 72.4 Å². The van der Waals surface area contributed by atoms with Crippen molar-refractivity contribution in [3.05, 3.63) is 158 Å². The van der Waals surface area contributed by atoms with Crippen LogP contribution in [0, 0.1) is 0 Å². The highest BCUT2D eigenvalue weighted by molar-refractivity contribution is 7.99. The zero-order chi connectivity index (χ0) is 29.3. The van der Waals surface area contributed by atoms with E-state index < -0.39 is 7.14 Å². The molecule has 208 valence electrons. The highest BCUT2D eigenvalue weighted by atomic mass is 32.2. The number of hydrogen-bond donors (Lipinski definition) is 0. The third kappa shape index (κ3) is 3.67. The highest BCUT2D eigenvalue weighted by Gasteiger charge is 2.32. The summed E-state index contributed by atoms with van der Waals surface area (Å²) in [4.78, 5) is 4.89. The zero-order valence-corrected chi connectivity index (χ0v) is 25.4. The molecule has 1 aliphatic rings. The molecule has 44 heavy (non-hydrogen) atoms. The first-order chi connectivity index (χ1) is 21.7. The maximum absolute atomic E-state index is 15.5. The highest BCUT2D eigenvalue weighted by Crippen LogP contribution is 2.53. The molecule has 1 heterocycles. The summed E-state index contributed by atoms with van der Waals surface area (Å²) < 4.78 is 15.5. The van der Waals surface area contributed by atoms with E-state index in [4.69, 9.17) is 0 Å². The molecule has 0 amide bonds. The molecule has 8 aromatic carbocycles. The summed E-state index contributed by atoms with van der Waals surface area (Å²) in [6, 6.07) is 54.9. The SMILES string of the molecule is O=P(c1ccccc1)(c1ccccc1)c1ccc2ccc3c(N4c5ccccc5Sc5ccccc54)ccc4ccc1c2c43. The van der Waals surface area contributed by atoms with Gasteiger partial charge in [0.25, 0.3) is 0 Å². The lowest BCUT2D eigenvalue weighted by molar-refractivity contribution is 0.592. The molecule has 8 aromatic rings. The van der Waals surface area contributed by atoms with Crippen LogP contribution in [-0.4, -0.2) is 0 Å². The maximum Gasteiger partial charge on any atom is 0.171 e. The van der Waals surface area contributed by atoms with Crippen molar-refractivity contribution in [1.82, 2.24) is 0 Å². The monoisotopic (exact) mass is 599 g/mol. The van der Waals surface area contributed by atoms with E-state index in [9.17, 15) is 0 Å². The van der Waals surface area contributed by atoms with Crippen molar-refractivity contribution in [2.45, 2.75) is 9.79 Å². The van der Waals surface area contributed by atoms with Crippen LogP contribution in [0.25, 0.3) is 32.3 Å². The summed E-state index contributed by atoms with van der Waals surface area (Å²) in [6.07, 6.45) is 0. The van der Waals surface area contributed by atoms with Gasteiger partial charge < -0.3 is 9.46 Å². The van der Waals surface area contributed by atoms with Crippen molar-refractivity contribution in [2.75, 3.05) is 4.90 Å². The Hall–Kier alpha value is -4.82. The zero-order valence-electron chi connectivity index (χ0n) is 23.7. The number of fused-ring (bicyclic) bond motifs is 2. The first-order valence-corrected chi connectivity index (χ1v) is 17.3. The molecule has 2 nitrogen and oxygen atoms in total. The van der Waals surface area contributed by atoms with Crippen molar-refractivity contribution in [1.29, 1.82) is 0 Å². The van der Waals surface area contributed by atoms with Gasteiger partial charge in [-0.3, -0.25) is 0 Å². The Balaban J connectivity index is 1.36. The number of nitrogens with zero attached hydrogens (tertiary/aromatic N) is 1. The van der Waals surface area contributed by atoms with Crippen molar-refractivity contribution in [2.24, 2.45) is 0 Å². The topological polar surface area (TPSA) is 20.3 Å². The Morgan fingerprint density at radius 3 is 1.52 bits per heavy atom. The third-order valence-corrected chi connectivity index (χ3v) is 13.1. The van der Waals surface area contributed by atoms with E-state index in [1.54, 1.807) is 0 Å². The van der Waals surface area contributed by atoms with Crippen LogP contribution in [-0.2, 0) is 4.57 Å². The third-order valence-electron chi connectivity index (χ3n) is 8.87. The minimum Gasteiger partial charge on any atom is -0.309 e. The van der Waals surface area contributed by atoms with Gasteiger partial charge in [0.2, 0.25) is 0 Å². The van der Waals surface area contributed by atoms with Gasteiger partial charge in [-0.25, -0.2) is 0 Å². The first kappa shape index (κ1) is 25.7. The molecule has 0 unspecified atom stereocenters. The molecular weight excluding hydrogens is 573 g/mol. The fourth-order valence-corrected chi connectivity index (χ4v) is 10.8. The smallest absolute Gasteiger partial charge is 0.171 e. The second-order valence-corrected chi connectivity index (χ2v) is 15.1. The molecular formula is C40H26NOPS. The number of hydrogen-bond acceptors (Lipinski definition) is 3. The summed E-state index contributed by atoms with van der Waals surface area (Å²) in [5.74, 6) is 0. The Morgan fingerprint density at radius 2 is 0.909 bits per heavy atom. The van der Waals surface area contributed by atoms with Crippen LogP contribution in [0.3, 0.4) is 0 Å². The van der Waals surface area contributed by atoms with Crippen LogP contribution in [0.1, 0.15) is 0 Å². The first-order valence-electron chi connectivity index (χ1n) is 14.8. The molecule has 0 fully saturated rings. The normalized spacial score (nSPS) is 13.0. The van der Waals surface area contributed by atoms with Gasteiger partial charge in [0, 0.05) is 31.1 Å². The van der Waals surface area contributed by atoms with Crippen LogP contribution in [0.4, 0.5) is 17.1 Å². The van der Waals surface area contributed by atoms with E-state index >= 15 is 4.57 Å². The quantitative estimate of drug-likeness (QED) is 0.148. The van der Waals surface area contributed by atoms with Crippen molar-refractivity contribution < 1.29 is 4.57 Å². The van der Waals surface area contributed by atoms with Gasteiger partial charge in [0.05, 0.1) is 17.1 Å². The van der Waals surface area contributed by atoms with E-state index in [0.29, 0.717) is 0 Å². The van der Waals surface area contributed by atoms with Gasteiger partial charge in [0.1, 0.15) is 0 Å². The molecule has 0 aromatic heterocycles. The Kier molecular flexibility index (Phi) is 5.75. The van der Waals surface area contributed by atoms with E-state index in [-0.39, 0.29) is 0 Å². The van der Waals surface area contributed by atoms with Crippen molar-refractivity contribution in [3.63, 3.8) is 0 Å². The standard InChI is InChI=1S/C40H26NOPS/c42-43(29-11-3-1-4-12-29,30-13-5-2-6-14-30)36-26-22-28-19-23-31-33(25-21-27-20-24-32(36)40(28)39(27)31)41-34-15-7-9-17-37(34)44-38-18-10-8-16-35(38)41/h1-26H. The molecule has 0 radical (unpaired) electrons. The molecule has 1 aliphatic heterocycles. The van der Waals surface area contributed by atoms with Gasteiger partial charge in [0.15, 0.2) is 7.14 Å². The maximum atomic E-state index is 15.5. The van der Waals surface area contributed by atoms with Crippen LogP contribution in [0.15, 0.2) is 168 Å². The van der Waals surface area contributed by atoms with Crippen LogP contribution in [0.2, 0.25) is 0 Å². The minimum atomic E-state index is -3.17. The molecule has 0 N–H and O–H groups in total. The molecule has 0 saturated heterocycles. The summed E-state index contributed by atoms with van der Waals surface area (Å²) >= 11 is 1.82. The second kappa shape index (κ2) is 9.86. The fourth-order valence-electron chi connectivity index (χ4n) is 6.91. The van der Waals surface area contributed by atoms with Gasteiger partial charge in [-0.15, -0.1) is 0 Å². The predicted octanol–water partition coefficient (Wildman–Crippen LogP) is 10.2. The number of para-hydroxylation sites is 2. The van der Waals surface area contributed by atoms with Crippen LogP contribution in [0.5, 0.6) is 0 Å². The Morgan fingerprint density at radius 1 is 0.432 bits per heavy atom. The van der Waals surface area contributed by atoms with Crippen molar-refractivity contribution >= 4 is 84.2 Å². The Labute approximate surface area is 260 Å². The van der Waals surface area contributed by atoms with Crippen LogP contribution < -0.4 is 20.8 Å². The van der Waals surface area contributed by atoms with Crippen molar-refractivity contribution in [3.8, 4) is 0 Å². The number of rotatable bonds is 4. The lowest BCUT2D eigenvalue weighted by atomic mass is 9.93. The summed E-state index contributed by atoms with van der Waals surface area (Å²) in [6.45, 7) is 0.